The molecule has 12 heavy (non-hydrogen) atoms. The van der Waals surface area contributed by atoms with E-state index in [1.807, 2.05) is 24.3 Å². The Morgan fingerprint density at radius 3 is 3.00 bits per heavy atom. The Labute approximate surface area is 68.6 Å². The zero-order valence-corrected chi connectivity index (χ0v) is 6.19. The van der Waals surface area contributed by atoms with Gasteiger partial charge in [0, 0.05) is 5.39 Å². The van der Waals surface area contributed by atoms with Gasteiger partial charge in [-0.1, -0.05) is 18.2 Å². The number of fused-ring (bicyclic) bond motifs is 1. The molecule has 3 heteroatoms. The lowest BCUT2D eigenvalue weighted by Crippen LogP contribution is -2.00. The van der Waals surface area contributed by atoms with Crippen LogP contribution in [0.3, 0.4) is 0 Å². The smallest absolute Gasteiger partial charge is 0.263 e. The number of rotatable bonds is 0. The van der Waals surface area contributed by atoms with Crippen LogP contribution in [0.5, 0.6) is 0 Å². The van der Waals surface area contributed by atoms with Crippen LogP contribution in [-0.4, -0.2) is 5.21 Å². The van der Waals surface area contributed by atoms with Crippen LogP contribution in [-0.2, 0) is 0 Å². The fourth-order valence-electron chi connectivity index (χ4n) is 1.10. The van der Waals surface area contributed by atoms with E-state index in [1.165, 1.54) is 0 Å². The van der Waals surface area contributed by atoms with E-state index < -0.39 is 0 Å². The third-order valence-corrected chi connectivity index (χ3v) is 1.65. The Hall–Kier alpha value is -1.77. The molecule has 1 radical (unpaired) electrons. The predicted octanol–water partition coefficient (Wildman–Crippen LogP) is 1.52. The molecule has 2 aromatic rings. The lowest BCUT2D eigenvalue weighted by molar-refractivity contribution is 0.274. The number of hydrogen-bond donors (Lipinski definition) is 1. The van der Waals surface area contributed by atoms with Crippen molar-refractivity contribution in [1.29, 1.82) is 0 Å². The topological polar surface area (TPSA) is 45.7 Å². The van der Waals surface area contributed by atoms with Gasteiger partial charge in [-0.3, -0.25) is 0 Å². The van der Waals surface area contributed by atoms with Crippen molar-refractivity contribution in [3.63, 3.8) is 0 Å². The summed E-state index contributed by atoms with van der Waals surface area (Å²) >= 11 is 0. The van der Waals surface area contributed by atoms with Crippen LogP contribution < -0.4 is 5.55 Å². The Bertz CT molecular complexity index is 454. The summed E-state index contributed by atoms with van der Waals surface area (Å²) in [7, 11) is 0. The van der Waals surface area contributed by atoms with E-state index in [2.05, 4.69) is 11.4 Å². The molecule has 0 aliphatic carbocycles. The number of hydrogen-bond acceptors (Lipinski definition) is 3. The summed E-state index contributed by atoms with van der Waals surface area (Å²) in [6, 6.07) is 9.17. The molecule has 1 heterocycles. The highest BCUT2D eigenvalue weighted by molar-refractivity contribution is 5.80. The van der Waals surface area contributed by atoms with Crippen molar-refractivity contribution in [3.8, 4) is 0 Å². The summed E-state index contributed by atoms with van der Waals surface area (Å²) in [5.41, 5.74) is 0.188. The van der Waals surface area contributed by atoms with Gasteiger partial charge in [0.05, 0.1) is 0 Å². The van der Waals surface area contributed by atoms with Gasteiger partial charge in [0.2, 0.25) is 0 Å². The second kappa shape index (κ2) is 2.70. The lowest BCUT2D eigenvalue weighted by Gasteiger charge is -1.92. The maximum absolute atomic E-state index is 8.55. The Kier molecular flexibility index (Phi) is 1.55. The molecule has 0 bridgehead atoms. The first kappa shape index (κ1) is 6.91. The summed E-state index contributed by atoms with van der Waals surface area (Å²) in [4.78, 5) is 0. The minimum Gasteiger partial charge on any atom is -0.432 e. The quantitative estimate of drug-likeness (QED) is 0.469. The zero-order valence-electron chi connectivity index (χ0n) is 6.19. The second-order valence-electron chi connectivity index (χ2n) is 2.36. The highest BCUT2D eigenvalue weighted by atomic mass is 16.5. The molecule has 59 valence electrons. The third kappa shape index (κ3) is 0.955. The van der Waals surface area contributed by atoms with E-state index in [4.69, 9.17) is 9.62 Å². The van der Waals surface area contributed by atoms with Crippen molar-refractivity contribution in [2.24, 2.45) is 5.16 Å². The molecule has 0 aliphatic rings. The molecule has 0 unspecified atom stereocenters. The predicted molar refractivity (Wildman–Crippen MR) is 42.4 cm³/mol. The van der Waals surface area contributed by atoms with Gasteiger partial charge >= 0.3 is 0 Å². The molecule has 0 saturated heterocycles. The van der Waals surface area contributed by atoms with E-state index in [1.54, 1.807) is 6.07 Å². The molecule has 0 fully saturated rings. The molecule has 0 spiro atoms. The van der Waals surface area contributed by atoms with Gasteiger partial charge in [-0.05, 0) is 22.7 Å². The van der Waals surface area contributed by atoms with Gasteiger partial charge in [-0.15, -0.1) is 0 Å². The van der Waals surface area contributed by atoms with Crippen LogP contribution in [0, 0.1) is 6.26 Å². The van der Waals surface area contributed by atoms with Gasteiger partial charge in [-0.25, -0.2) is 0 Å². The van der Waals surface area contributed by atoms with Crippen LogP contribution in [0.15, 0.2) is 39.9 Å². The van der Waals surface area contributed by atoms with Crippen molar-refractivity contribution in [3.05, 3.63) is 42.1 Å². The third-order valence-electron chi connectivity index (χ3n) is 1.65. The minimum absolute atomic E-state index is 0.188. The largest absolute Gasteiger partial charge is 0.432 e. The normalized spacial score (nSPS) is 12.2. The average Bonchev–Trinajstić information content (AvgIpc) is 2.17. The van der Waals surface area contributed by atoms with Crippen molar-refractivity contribution in [2.75, 3.05) is 0 Å². The molecule has 1 N–H and O–H groups in total. The van der Waals surface area contributed by atoms with Crippen molar-refractivity contribution >= 4 is 10.8 Å². The first-order valence-electron chi connectivity index (χ1n) is 3.49. The molecular formula is C9H6NO2. The van der Waals surface area contributed by atoms with E-state index in [-0.39, 0.29) is 5.55 Å². The molecule has 3 nitrogen and oxygen atoms in total. The first-order valence-corrected chi connectivity index (χ1v) is 3.49. The van der Waals surface area contributed by atoms with Gasteiger partial charge in [0.1, 0.15) is 0 Å². The first-order chi connectivity index (χ1) is 5.92. The highest BCUT2D eigenvalue weighted by Crippen LogP contribution is 2.06. The standard InChI is InChI=1S/C9H6NO2/c11-10-9-8-4-2-1-3-7(8)5-6-12-9/h1-5,11H/b10-9+. The molecule has 2 rings (SSSR count). The Morgan fingerprint density at radius 1 is 1.33 bits per heavy atom. The molecule has 0 saturated carbocycles. The lowest BCUT2D eigenvalue weighted by atomic mass is 10.2. The van der Waals surface area contributed by atoms with Crippen LogP contribution in [0.2, 0.25) is 0 Å². The maximum Gasteiger partial charge on any atom is 0.263 e. The summed E-state index contributed by atoms with van der Waals surface area (Å²) in [5, 5.41) is 13.3. The summed E-state index contributed by atoms with van der Waals surface area (Å²) in [6.45, 7) is 0. The van der Waals surface area contributed by atoms with Crippen LogP contribution in [0.4, 0.5) is 0 Å². The molecule has 0 aliphatic heterocycles. The highest BCUT2D eigenvalue weighted by Gasteiger charge is 1.95. The monoisotopic (exact) mass is 160 g/mol. The van der Waals surface area contributed by atoms with Gasteiger partial charge < -0.3 is 9.62 Å². The van der Waals surface area contributed by atoms with Crippen molar-refractivity contribution in [1.82, 2.24) is 0 Å². The molecule has 1 aromatic carbocycles. The average molecular weight is 160 g/mol. The Morgan fingerprint density at radius 2 is 2.17 bits per heavy atom. The van der Waals surface area contributed by atoms with E-state index in [9.17, 15) is 0 Å². The van der Waals surface area contributed by atoms with Gasteiger partial charge in [0.25, 0.3) is 5.55 Å². The second-order valence-corrected chi connectivity index (χ2v) is 2.36. The molecular weight excluding hydrogens is 154 g/mol. The van der Waals surface area contributed by atoms with Crippen molar-refractivity contribution in [2.45, 2.75) is 0 Å². The SMILES string of the molecule is O/N=c1/o[c]cc2ccccc12. The summed E-state index contributed by atoms with van der Waals surface area (Å²) in [6.07, 6.45) is 2.53. The fourth-order valence-corrected chi connectivity index (χ4v) is 1.10. The molecule has 1 aromatic heterocycles. The van der Waals surface area contributed by atoms with Gasteiger partial charge in [0.15, 0.2) is 6.26 Å². The van der Waals surface area contributed by atoms with Crippen LogP contribution >= 0.6 is 0 Å². The zero-order chi connectivity index (χ0) is 8.39. The van der Waals surface area contributed by atoms with E-state index >= 15 is 0 Å². The van der Waals surface area contributed by atoms with Crippen molar-refractivity contribution < 1.29 is 9.62 Å². The van der Waals surface area contributed by atoms with Gasteiger partial charge in [-0.2, -0.15) is 0 Å². The summed E-state index contributed by atoms with van der Waals surface area (Å²) in [5.74, 6) is 0. The maximum atomic E-state index is 8.55. The number of benzene rings is 1. The fraction of sp³-hybridized carbons (Fsp3) is 0. The van der Waals surface area contributed by atoms with Crippen LogP contribution in [0.25, 0.3) is 10.8 Å². The minimum atomic E-state index is 0.188. The molecule has 0 atom stereocenters. The van der Waals surface area contributed by atoms with E-state index in [0.717, 1.165) is 10.8 Å². The number of nitrogens with zero attached hydrogens (tertiary/aromatic N) is 1. The van der Waals surface area contributed by atoms with Crippen LogP contribution in [0.1, 0.15) is 0 Å². The molecule has 0 amide bonds. The summed E-state index contributed by atoms with van der Waals surface area (Å²) < 4.78 is 4.85. The Balaban J connectivity index is 2.99. The van der Waals surface area contributed by atoms with E-state index in [0.29, 0.717) is 0 Å².